The van der Waals surface area contributed by atoms with Gasteiger partial charge in [0.05, 0.1) is 4.90 Å². The summed E-state index contributed by atoms with van der Waals surface area (Å²) in [4.78, 5) is 14.0. The molecule has 0 aromatic heterocycles. The van der Waals surface area contributed by atoms with E-state index in [1.807, 2.05) is 13.0 Å². The molecule has 1 fully saturated rings. The highest BCUT2D eigenvalue weighted by Crippen LogP contribution is 2.20. The van der Waals surface area contributed by atoms with E-state index < -0.39 is 16.1 Å². The zero-order valence-corrected chi connectivity index (χ0v) is 15.5. The maximum Gasteiger partial charge on any atom is 0.241 e. The molecule has 0 aliphatic carbocycles. The number of nitrogens with zero attached hydrogens (tertiary/aromatic N) is 1. The van der Waals surface area contributed by atoms with E-state index in [-0.39, 0.29) is 36.1 Å². The number of amides is 1. The van der Waals surface area contributed by atoms with Gasteiger partial charge in [-0.15, -0.1) is 0 Å². The number of rotatable bonds is 5. The summed E-state index contributed by atoms with van der Waals surface area (Å²) in [6.07, 6.45) is 0.0967. The number of aryl methyl sites for hydroxylation is 2. The summed E-state index contributed by atoms with van der Waals surface area (Å²) < 4.78 is 41.2. The quantitative estimate of drug-likeness (QED) is 0.872. The van der Waals surface area contributed by atoms with Crippen LogP contribution in [0.4, 0.5) is 4.39 Å². The highest BCUT2D eigenvalue weighted by Gasteiger charge is 2.33. The summed E-state index contributed by atoms with van der Waals surface area (Å²) in [7, 11) is -3.71. The van der Waals surface area contributed by atoms with Crippen molar-refractivity contribution in [2.75, 3.05) is 6.54 Å². The first-order valence-corrected chi connectivity index (χ1v) is 9.85. The normalized spacial score (nSPS) is 17.7. The first-order chi connectivity index (χ1) is 12.2. The topological polar surface area (TPSA) is 66.5 Å². The fraction of sp³-hybridized carbons (Fsp3) is 0.316. The molecule has 2 aromatic rings. The summed E-state index contributed by atoms with van der Waals surface area (Å²) in [6, 6.07) is 10.7. The second kappa shape index (κ2) is 7.17. The molecule has 26 heavy (non-hydrogen) atoms. The van der Waals surface area contributed by atoms with Gasteiger partial charge in [-0.1, -0.05) is 29.8 Å². The first kappa shape index (κ1) is 18.5. The first-order valence-electron chi connectivity index (χ1n) is 8.36. The van der Waals surface area contributed by atoms with Crippen molar-refractivity contribution in [3.05, 3.63) is 65.0 Å². The average Bonchev–Trinajstić information content (AvgIpc) is 2.85. The van der Waals surface area contributed by atoms with Crippen molar-refractivity contribution in [1.29, 1.82) is 0 Å². The van der Waals surface area contributed by atoms with Gasteiger partial charge in [0.25, 0.3) is 0 Å². The van der Waals surface area contributed by atoms with Crippen molar-refractivity contribution < 1.29 is 17.6 Å². The SMILES string of the molecule is Cc1ccc(S(=O)(=O)NC2CC(=O)N(Cc3cccc(F)c3)C2)c(C)c1. The molecule has 0 saturated carbocycles. The lowest BCUT2D eigenvalue weighted by Gasteiger charge is -2.18. The molecule has 0 bridgehead atoms. The molecular formula is C19H21FN2O3S. The maximum atomic E-state index is 13.3. The third kappa shape index (κ3) is 4.11. The third-order valence-electron chi connectivity index (χ3n) is 4.42. The van der Waals surface area contributed by atoms with Crippen LogP contribution in [0.25, 0.3) is 0 Å². The van der Waals surface area contributed by atoms with Crippen LogP contribution in [0.15, 0.2) is 47.4 Å². The van der Waals surface area contributed by atoms with Crippen molar-refractivity contribution >= 4 is 15.9 Å². The Morgan fingerprint density at radius 2 is 1.96 bits per heavy atom. The van der Waals surface area contributed by atoms with Gasteiger partial charge in [-0.2, -0.15) is 0 Å². The largest absolute Gasteiger partial charge is 0.337 e. The molecule has 1 N–H and O–H groups in total. The van der Waals surface area contributed by atoms with E-state index in [0.717, 1.165) is 5.56 Å². The lowest BCUT2D eigenvalue weighted by Crippen LogP contribution is -2.37. The van der Waals surface area contributed by atoms with Gasteiger partial charge in [-0.3, -0.25) is 4.79 Å². The summed E-state index contributed by atoms with van der Waals surface area (Å²) in [5.41, 5.74) is 2.33. The maximum absolute atomic E-state index is 13.3. The van der Waals surface area contributed by atoms with Crippen LogP contribution in [0.2, 0.25) is 0 Å². The third-order valence-corrected chi connectivity index (χ3v) is 6.10. The number of benzene rings is 2. The lowest BCUT2D eigenvalue weighted by molar-refractivity contribution is -0.128. The summed E-state index contributed by atoms with van der Waals surface area (Å²) in [5.74, 6) is -0.510. The minimum Gasteiger partial charge on any atom is -0.337 e. The van der Waals surface area contributed by atoms with E-state index in [9.17, 15) is 17.6 Å². The molecule has 1 heterocycles. The monoisotopic (exact) mass is 376 g/mol. The number of likely N-dealkylation sites (tertiary alicyclic amines) is 1. The Hall–Kier alpha value is -2.25. The molecule has 1 saturated heterocycles. The lowest BCUT2D eigenvalue weighted by atomic mass is 10.2. The number of halogens is 1. The number of nitrogens with one attached hydrogen (secondary N) is 1. The van der Waals surface area contributed by atoms with Crippen molar-refractivity contribution in [2.24, 2.45) is 0 Å². The highest BCUT2D eigenvalue weighted by molar-refractivity contribution is 7.89. The molecule has 0 radical (unpaired) electrons. The Kier molecular flexibility index (Phi) is 5.11. The van der Waals surface area contributed by atoms with Crippen LogP contribution in [0.1, 0.15) is 23.1 Å². The molecule has 1 aliphatic rings. The Morgan fingerprint density at radius 3 is 2.65 bits per heavy atom. The summed E-state index contributed by atoms with van der Waals surface area (Å²) in [5, 5.41) is 0. The van der Waals surface area contributed by atoms with Crippen LogP contribution in [-0.4, -0.2) is 31.8 Å². The van der Waals surface area contributed by atoms with Gasteiger partial charge in [0.1, 0.15) is 5.82 Å². The Morgan fingerprint density at radius 1 is 1.19 bits per heavy atom. The van der Waals surface area contributed by atoms with Crippen LogP contribution in [0.5, 0.6) is 0 Å². The number of sulfonamides is 1. The molecule has 5 nitrogen and oxygen atoms in total. The van der Waals surface area contributed by atoms with Gasteiger partial charge in [0.2, 0.25) is 15.9 Å². The molecule has 7 heteroatoms. The zero-order valence-electron chi connectivity index (χ0n) is 14.7. The minimum absolute atomic E-state index is 0.0967. The fourth-order valence-electron chi connectivity index (χ4n) is 3.24. The molecular weight excluding hydrogens is 355 g/mol. The van der Waals surface area contributed by atoms with Crippen LogP contribution >= 0.6 is 0 Å². The molecule has 0 spiro atoms. The van der Waals surface area contributed by atoms with Gasteiger partial charge in [-0.25, -0.2) is 17.5 Å². The number of hydrogen-bond acceptors (Lipinski definition) is 3. The van der Waals surface area contributed by atoms with E-state index in [1.54, 1.807) is 36.1 Å². The smallest absolute Gasteiger partial charge is 0.241 e. The van der Waals surface area contributed by atoms with Crippen LogP contribution in [0, 0.1) is 19.7 Å². The molecule has 1 aliphatic heterocycles. The molecule has 1 amide bonds. The predicted octanol–water partition coefficient (Wildman–Crippen LogP) is 2.52. The van der Waals surface area contributed by atoms with Crippen molar-refractivity contribution in [1.82, 2.24) is 9.62 Å². The van der Waals surface area contributed by atoms with Gasteiger partial charge >= 0.3 is 0 Å². The number of hydrogen-bond donors (Lipinski definition) is 1. The molecule has 138 valence electrons. The molecule has 3 rings (SSSR count). The van der Waals surface area contributed by atoms with Gasteiger partial charge < -0.3 is 4.90 Å². The van der Waals surface area contributed by atoms with E-state index in [4.69, 9.17) is 0 Å². The van der Waals surface area contributed by atoms with E-state index in [2.05, 4.69) is 4.72 Å². The Balaban J connectivity index is 1.70. The minimum atomic E-state index is -3.71. The molecule has 1 atom stereocenters. The zero-order chi connectivity index (χ0) is 18.9. The second-order valence-electron chi connectivity index (χ2n) is 6.70. The van der Waals surface area contributed by atoms with Crippen molar-refractivity contribution in [2.45, 2.75) is 37.8 Å². The van der Waals surface area contributed by atoms with Crippen LogP contribution in [0.3, 0.4) is 0 Å². The Labute approximate surface area is 152 Å². The van der Waals surface area contributed by atoms with Gasteiger partial charge in [-0.05, 0) is 43.2 Å². The van der Waals surface area contributed by atoms with Crippen molar-refractivity contribution in [3.63, 3.8) is 0 Å². The number of carbonyl (C=O) groups excluding carboxylic acids is 1. The Bertz CT molecular complexity index is 944. The summed E-state index contributed by atoms with van der Waals surface area (Å²) in [6.45, 7) is 4.17. The molecule has 2 aromatic carbocycles. The van der Waals surface area contributed by atoms with Crippen LogP contribution < -0.4 is 4.72 Å². The second-order valence-corrected chi connectivity index (χ2v) is 8.38. The van der Waals surface area contributed by atoms with E-state index in [1.165, 1.54) is 12.1 Å². The van der Waals surface area contributed by atoms with Gasteiger partial charge in [0, 0.05) is 25.6 Å². The van der Waals surface area contributed by atoms with E-state index >= 15 is 0 Å². The summed E-state index contributed by atoms with van der Waals surface area (Å²) >= 11 is 0. The van der Waals surface area contributed by atoms with Crippen molar-refractivity contribution in [3.8, 4) is 0 Å². The average molecular weight is 376 g/mol. The predicted molar refractivity (Wildman–Crippen MR) is 96.5 cm³/mol. The molecule has 1 unspecified atom stereocenters. The van der Waals surface area contributed by atoms with Crippen LogP contribution in [-0.2, 0) is 21.4 Å². The number of carbonyl (C=O) groups is 1. The van der Waals surface area contributed by atoms with E-state index in [0.29, 0.717) is 11.1 Å². The van der Waals surface area contributed by atoms with Gasteiger partial charge in [0.15, 0.2) is 0 Å². The highest BCUT2D eigenvalue weighted by atomic mass is 32.2. The fourth-order valence-corrected chi connectivity index (χ4v) is 4.70. The standard InChI is InChI=1S/C19H21FN2O3S/c1-13-6-7-18(14(2)8-13)26(24,25)21-17-10-19(23)22(12-17)11-15-4-3-5-16(20)9-15/h3-9,17,21H,10-12H2,1-2H3.